The fourth-order valence-electron chi connectivity index (χ4n) is 10.2. The number of rotatable bonds is 11. The molecule has 3 aliphatic heterocycles. The summed E-state index contributed by atoms with van der Waals surface area (Å²) in [5, 5.41) is 36.4. The molecule has 68 heavy (non-hydrogen) atoms. The number of terminal acetylenes is 1. The van der Waals surface area contributed by atoms with Crippen LogP contribution in [-0.4, -0.2) is 149 Å². The molecule has 16 nitrogen and oxygen atoms in total. The van der Waals surface area contributed by atoms with Gasteiger partial charge in [-0.3, -0.25) is 9.59 Å². The van der Waals surface area contributed by atoms with Crippen molar-refractivity contribution in [3.8, 4) is 12.3 Å². The van der Waals surface area contributed by atoms with E-state index in [0.29, 0.717) is 17.5 Å². The van der Waals surface area contributed by atoms with Crippen LogP contribution in [0.15, 0.2) is 60.7 Å². The lowest BCUT2D eigenvalue weighted by Gasteiger charge is -2.49. The smallest absolute Gasteiger partial charge is 0.338 e. The monoisotopic (exact) mass is 951 g/mol. The fourth-order valence-corrected chi connectivity index (χ4v) is 10.2. The number of carbonyl (C=O) groups excluding carboxylic acids is 4. The summed E-state index contributed by atoms with van der Waals surface area (Å²) < 4.78 is 51.1. The van der Waals surface area contributed by atoms with Crippen LogP contribution in [0, 0.1) is 36.0 Å². The van der Waals surface area contributed by atoms with Crippen molar-refractivity contribution in [3.63, 3.8) is 0 Å². The van der Waals surface area contributed by atoms with E-state index in [-0.39, 0.29) is 19.3 Å². The lowest BCUT2D eigenvalue weighted by molar-refractivity contribution is -0.317. The Hall–Kier alpha value is -4.28. The van der Waals surface area contributed by atoms with Crippen LogP contribution >= 0.6 is 0 Å². The van der Waals surface area contributed by atoms with Gasteiger partial charge in [-0.05, 0) is 92.2 Å². The number of nitrogens with zero attached hydrogens (tertiary/aromatic N) is 1. The number of hydrogen-bond donors (Lipinski definition) is 3. The zero-order valence-corrected chi connectivity index (χ0v) is 41.5. The number of cyclic esters (lactones) is 1. The fraction of sp³-hybridized carbons (Fsp3) is 0.654. The molecule has 5 rings (SSSR count). The number of carbonyl (C=O) groups is 4. The first kappa shape index (κ1) is 54.7. The first-order valence-corrected chi connectivity index (χ1v) is 23.6. The zero-order chi connectivity index (χ0) is 50.5. The number of Topliss-reactive ketones (excluding diaryl/α,β-unsaturated/α-hetero) is 1. The summed E-state index contributed by atoms with van der Waals surface area (Å²) in [5.41, 5.74) is -4.99. The molecule has 16 heteroatoms. The van der Waals surface area contributed by atoms with E-state index < -0.39 is 132 Å². The maximum absolute atomic E-state index is 14.6. The summed E-state index contributed by atoms with van der Waals surface area (Å²) >= 11 is 0. The number of methoxy groups -OCH3 is 1. The molecular weight excluding hydrogens is 879 g/mol. The minimum atomic E-state index is -2.49. The van der Waals surface area contributed by atoms with E-state index in [4.69, 9.17) is 44.3 Å². The Balaban J connectivity index is 1.61. The summed E-state index contributed by atoms with van der Waals surface area (Å²) in [6, 6.07) is 16.5. The Kier molecular flexibility index (Phi) is 18.2. The second-order valence-electron chi connectivity index (χ2n) is 19.7. The van der Waals surface area contributed by atoms with Crippen LogP contribution in [0.5, 0.6) is 0 Å². The van der Waals surface area contributed by atoms with Gasteiger partial charge in [-0.2, -0.15) is 0 Å². The largest absolute Gasteiger partial charge is 0.458 e. The molecule has 376 valence electrons. The van der Waals surface area contributed by atoms with E-state index in [1.54, 1.807) is 102 Å². The number of benzene rings is 2. The zero-order valence-electron chi connectivity index (χ0n) is 41.5. The van der Waals surface area contributed by atoms with Crippen molar-refractivity contribution in [2.24, 2.45) is 23.7 Å². The van der Waals surface area contributed by atoms with Crippen LogP contribution in [-0.2, 0) is 47.5 Å². The van der Waals surface area contributed by atoms with Crippen molar-refractivity contribution in [1.29, 1.82) is 0 Å². The van der Waals surface area contributed by atoms with Crippen LogP contribution in [0.25, 0.3) is 0 Å². The molecule has 0 aromatic heterocycles. The highest BCUT2D eigenvalue weighted by atomic mass is 16.7. The molecule has 3 aliphatic rings. The van der Waals surface area contributed by atoms with E-state index >= 15 is 0 Å². The van der Waals surface area contributed by atoms with Gasteiger partial charge in [0.05, 0.1) is 53.1 Å². The van der Waals surface area contributed by atoms with Crippen molar-refractivity contribution in [1.82, 2.24) is 4.90 Å². The maximum Gasteiger partial charge on any atom is 0.338 e. The average Bonchev–Trinajstić information content (AvgIpc) is 3.31. The maximum atomic E-state index is 14.6. The van der Waals surface area contributed by atoms with E-state index in [2.05, 4.69) is 5.92 Å². The molecule has 3 saturated heterocycles. The molecule has 3 fully saturated rings. The standard InChI is InChI=1S/C52H73NO15/c1-14-38-52(60,15-2)43(55)31(5)40(54)29(3)27-50(9,59)44(68-49-42(37(53(11)12)26-30(4)62-49)66-47(57)35-22-18-16-19-23-35)32(6)41(33(7)46(56)64-38)65-39-28-51(10,61-13)45(34(8)63-39)67-48(58)36-24-20-17-21-25-36/h2,16-25,29-34,37-39,41-45,49,55,59-60H,14,26-28H2,1,3-13H3/t29-,30-,31+,32+,33-,34+,37+,38-,39+,41+,42-,43-,44-,45+,49+,50+,51-,52-/m1/s1. The average molecular weight is 952 g/mol. The van der Waals surface area contributed by atoms with E-state index in [9.17, 15) is 34.5 Å². The molecule has 2 aromatic carbocycles. The van der Waals surface area contributed by atoms with Gasteiger partial charge in [-0.25, -0.2) is 9.59 Å². The Morgan fingerprint density at radius 2 is 1.40 bits per heavy atom. The Morgan fingerprint density at radius 3 is 1.93 bits per heavy atom. The number of ether oxygens (including phenoxy) is 8. The second kappa shape index (κ2) is 22.6. The summed E-state index contributed by atoms with van der Waals surface area (Å²) in [5.74, 6) is -4.90. The lowest BCUT2D eigenvalue weighted by Crippen LogP contribution is -2.62. The van der Waals surface area contributed by atoms with Gasteiger partial charge in [0, 0.05) is 31.3 Å². The van der Waals surface area contributed by atoms with Gasteiger partial charge in [-0.15, -0.1) is 6.42 Å². The molecule has 0 radical (unpaired) electrons. The molecule has 18 atom stereocenters. The highest BCUT2D eigenvalue weighted by molar-refractivity contribution is 5.90. The van der Waals surface area contributed by atoms with Crippen molar-refractivity contribution in [2.45, 2.75) is 172 Å². The number of likely N-dealkylation sites (N-methyl/N-ethyl adjacent to an activating group) is 1. The van der Waals surface area contributed by atoms with Gasteiger partial charge in [0.2, 0.25) is 0 Å². The highest BCUT2D eigenvalue weighted by Crippen LogP contribution is 2.42. The van der Waals surface area contributed by atoms with Gasteiger partial charge in [0.15, 0.2) is 30.4 Å². The van der Waals surface area contributed by atoms with E-state index in [0.717, 1.165) is 0 Å². The number of aliphatic hydroxyl groups is 3. The third-order valence-electron chi connectivity index (χ3n) is 14.2. The summed E-state index contributed by atoms with van der Waals surface area (Å²) in [4.78, 5) is 57.8. The van der Waals surface area contributed by atoms with Crippen molar-refractivity contribution in [2.75, 3.05) is 21.2 Å². The summed E-state index contributed by atoms with van der Waals surface area (Å²) in [7, 11) is 5.17. The normalized spacial score (nSPS) is 39.8. The SMILES string of the molecule is C#C[C@]1(O)[C@H](O)[C@@H](C)C(=O)[C@H](C)C[C@](C)(O)[C@H](O[C@@H]2O[C@H](C)C[C@H](N(C)C)[C@H]2OC(=O)c2ccccc2)[C@@H](C)[C@H](O[C@H]2C[C@@](C)(OC)[C@@H](OC(=O)c3ccccc3)[C@H](C)O2)[C@@H](C)C(=O)O[C@@H]1CC. The summed E-state index contributed by atoms with van der Waals surface area (Å²) in [6.45, 7) is 14.7. The minimum absolute atomic E-state index is 0.0111. The third-order valence-corrected chi connectivity index (χ3v) is 14.2. The molecule has 0 aliphatic carbocycles. The van der Waals surface area contributed by atoms with Gasteiger partial charge in [-0.1, -0.05) is 70.0 Å². The van der Waals surface area contributed by atoms with Crippen molar-refractivity contribution < 1.29 is 72.4 Å². The molecular formula is C52H73NO15. The Bertz CT molecular complexity index is 2060. The number of ketones is 1. The number of aliphatic hydroxyl groups excluding tert-OH is 1. The molecule has 0 bridgehead atoms. The van der Waals surface area contributed by atoms with Crippen LogP contribution < -0.4 is 0 Å². The predicted molar refractivity (Wildman–Crippen MR) is 249 cm³/mol. The highest BCUT2D eigenvalue weighted by Gasteiger charge is 2.55. The van der Waals surface area contributed by atoms with Crippen LogP contribution in [0.1, 0.15) is 109 Å². The number of esters is 3. The Labute approximate surface area is 401 Å². The van der Waals surface area contributed by atoms with E-state index in [1.165, 1.54) is 21.0 Å². The predicted octanol–water partition coefficient (Wildman–Crippen LogP) is 5.13. The first-order valence-electron chi connectivity index (χ1n) is 23.6. The lowest BCUT2D eigenvalue weighted by atomic mass is 9.73. The molecule has 3 N–H and O–H groups in total. The molecule has 3 heterocycles. The van der Waals surface area contributed by atoms with Gasteiger partial charge < -0.3 is 58.1 Å². The van der Waals surface area contributed by atoms with Gasteiger partial charge in [0.25, 0.3) is 0 Å². The minimum Gasteiger partial charge on any atom is -0.458 e. The molecule has 0 unspecified atom stereocenters. The summed E-state index contributed by atoms with van der Waals surface area (Å²) in [6.07, 6.45) is -5.58. The molecule has 0 saturated carbocycles. The third kappa shape index (κ3) is 12.0. The first-order chi connectivity index (χ1) is 31.9. The van der Waals surface area contributed by atoms with E-state index in [1.807, 2.05) is 25.9 Å². The Morgan fingerprint density at radius 1 is 0.824 bits per heavy atom. The molecule has 0 amide bonds. The van der Waals surface area contributed by atoms with Gasteiger partial charge >= 0.3 is 17.9 Å². The quantitative estimate of drug-likeness (QED) is 0.152. The van der Waals surface area contributed by atoms with Gasteiger partial charge in [0.1, 0.15) is 23.6 Å². The number of hydrogen-bond acceptors (Lipinski definition) is 16. The van der Waals surface area contributed by atoms with Crippen molar-refractivity contribution >= 4 is 23.7 Å². The molecule has 2 aromatic rings. The second-order valence-corrected chi connectivity index (χ2v) is 19.7. The van der Waals surface area contributed by atoms with Crippen LogP contribution in [0.3, 0.4) is 0 Å². The van der Waals surface area contributed by atoms with Crippen LogP contribution in [0.4, 0.5) is 0 Å². The topological polar surface area (TPSA) is 206 Å². The van der Waals surface area contributed by atoms with Crippen molar-refractivity contribution in [3.05, 3.63) is 71.8 Å². The van der Waals surface area contributed by atoms with Crippen LogP contribution in [0.2, 0.25) is 0 Å². The molecule has 0 spiro atoms.